The molecule has 0 atom stereocenters. The second-order valence-electron chi connectivity index (χ2n) is 2.97. The van der Waals surface area contributed by atoms with Crippen LogP contribution in [0.25, 0.3) is 0 Å². The second-order valence-corrected chi connectivity index (χ2v) is 4.39. The van der Waals surface area contributed by atoms with E-state index in [1.165, 1.54) is 0 Å². The van der Waals surface area contributed by atoms with Crippen molar-refractivity contribution in [2.24, 2.45) is 0 Å². The maximum Gasteiger partial charge on any atom is 0.233 e. The van der Waals surface area contributed by atoms with E-state index >= 15 is 0 Å². The van der Waals surface area contributed by atoms with Crippen LogP contribution in [-0.4, -0.2) is 23.2 Å². The number of nitrogens with zero attached hydrogens (tertiary/aromatic N) is 1. The van der Waals surface area contributed by atoms with Gasteiger partial charge < -0.3 is 4.90 Å². The molecule has 14 heavy (non-hydrogen) atoms. The summed E-state index contributed by atoms with van der Waals surface area (Å²) in [7, 11) is 1.79. The van der Waals surface area contributed by atoms with Gasteiger partial charge in [-0.1, -0.05) is 50.1 Å². The number of hydrogen-bond donors (Lipinski definition) is 0. The van der Waals surface area contributed by atoms with E-state index in [2.05, 4.69) is 31.9 Å². The van der Waals surface area contributed by atoms with E-state index in [4.69, 9.17) is 0 Å². The van der Waals surface area contributed by atoms with Crippen molar-refractivity contribution in [3.8, 4) is 0 Å². The van der Waals surface area contributed by atoms with Crippen LogP contribution in [0.2, 0.25) is 0 Å². The molecule has 0 aliphatic heterocycles. The molecule has 4 heteroatoms. The summed E-state index contributed by atoms with van der Waals surface area (Å²) in [6.45, 7) is 0.631. The van der Waals surface area contributed by atoms with Gasteiger partial charge >= 0.3 is 0 Å². The summed E-state index contributed by atoms with van der Waals surface area (Å²) in [5.41, 5.74) is 1.12. The molecule has 0 N–H and O–H groups in total. The fourth-order valence-corrected chi connectivity index (χ4v) is 1.91. The van der Waals surface area contributed by atoms with E-state index in [0.717, 1.165) is 10.0 Å². The lowest BCUT2D eigenvalue weighted by Gasteiger charge is -2.16. The minimum absolute atomic E-state index is 0.0840. The van der Waals surface area contributed by atoms with Crippen molar-refractivity contribution in [3.05, 3.63) is 34.3 Å². The molecule has 0 saturated heterocycles. The van der Waals surface area contributed by atoms with Crippen LogP contribution in [0.5, 0.6) is 0 Å². The molecular formula is C10H11Br2NO. The zero-order valence-corrected chi connectivity index (χ0v) is 11.0. The van der Waals surface area contributed by atoms with Crippen molar-refractivity contribution in [1.29, 1.82) is 0 Å². The van der Waals surface area contributed by atoms with Gasteiger partial charge in [-0.3, -0.25) is 4.79 Å². The first-order valence-electron chi connectivity index (χ1n) is 4.18. The normalized spacial score (nSPS) is 9.93. The Morgan fingerprint density at radius 1 is 1.43 bits per heavy atom. The number of alkyl halides is 1. The lowest BCUT2D eigenvalue weighted by Crippen LogP contribution is -2.27. The monoisotopic (exact) mass is 319 g/mol. The van der Waals surface area contributed by atoms with Gasteiger partial charge in [-0.25, -0.2) is 0 Å². The van der Waals surface area contributed by atoms with Crippen LogP contribution in [0.15, 0.2) is 28.7 Å². The maximum absolute atomic E-state index is 11.3. The van der Waals surface area contributed by atoms with Crippen molar-refractivity contribution >= 4 is 37.8 Å². The molecule has 1 aromatic carbocycles. The topological polar surface area (TPSA) is 20.3 Å². The van der Waals surface area contributed by atoms with Crippen LogP contribution in [0.4, 0.5) is 0 Å². The van der Waals surface area contributed by atoms with Gasteiger partial charge in [0, 0.05) is 18.1 Å². The van der Waals surface area contributed by atoms with Gasteiger partial charge in [0.05, 0.1) is 5.33 Å². The predicted molar refractivity (Wildman–Crippen MR) is 64.4 cm³/mol. The van der Waals surface area contributed by atoms with Crippen LogP contribution >= 0.6 is 31.9 Å². The fraction of sp³-hybridized carbons (Fsp3) is 0.300. The highest BCUT2D eigenvalue weighted by Gasteiger charge is 2.08. The van der Waals surface area contributed by atoms with Gasteiger partial charge in [0.15, 0.2) is 0 Å². The molecule has 76 valence electrons. The molecule has 0 aliphatic carbocycles. The van der Waals surface area contributed by atoms with Gasteiger partial charge in [-0.15, -0.1) is 0 Å². The molecule has 0 saturated carbocycles. The zero-order valence-electron chi connectivity index (χ0n) is 7.84. The van der Waals surface area contributed by atoms with E-state index in [9.17, 15) is 4.79 Å². The van der Waals surface area contributed by atoms with E-state index in [1.54, 1.807) is 11.9 Å². The van der Waals surface area contributed by atoms with E-state index < -0.39 is 0 Å². The number of hydrogen-bond acceptors (Lipinski definition) is 1. The van der Waals surface area contributed by atoms with Crippen molar-refractivity contribution in [1.82, 2.24) is 4.90 Å². The van der Waals surface area contributed by atoms with Crippen LogP contribution < -0.4 is 0 Å². The van der Waals surface area contributed by atoms with Crippen LogP contribution in [0.1, 0.15) is 5.56 Å². The molecule has 2 nitrogen and oxygen atoms in total. The number of rotatable bonds is 3. The van der Waals surface area contributed by atoms with E-state index in [0.29, 0.717) is 11.9 Å². The lowest BCUT2D eigenvalue weighted by atomic mass is 10.2. The number of amides is 1. The molecule has 0 aromatic heterocycles. The number of benzene rings is 1. The standard InChI is InChI=1S/C10H11Br2NO/c1-13(10(14)6-11)7-8-4-2-3-5-9(8)12/h2-5H,6-7H2,1H3. The van der Waals surface area contributed by atoms with Crippen LogP contribution in [0, 0.1) is 0 Å². The molecule has 0 unspecified atom stereocenters. The molecule has 0 radical (unpaired) electrons. The first-order chi connectivity index (χ1) is 6.65. The highest BCUT2D eigenvalue weighted by atomic mass is 79.9. The first-order valence-corrected chi connectivity index (χ1v) is 6.10. The Balaban J connectivity index is 2.69. The van der Waals surface area contributed by atoms with Gasteiger partial charge in [0.1, 0.15) is 0 Å². The molecule has 1 rings (SSSR count). The van der Waals surface area contributed by atoms with Crippen molar-refractivity contribution < 1.29 is 4.79 Å². The Kier molecular flexibility index (Phi) is 4.62. The minimum atomic E-state index is 0.0840. The van der Waals surface area contributed by atoms with Gasteiger partial charge in [0.2, 0.25) is 5.91 Å². The summed E-state index contributed by atoms with van der Waals surface area (Å²) >= 11 is 6.59. The summed E-state index contributed by atoms with van der Waals surface area (Å²) in [6.07, 6.45) is 0. The minimum Gasteiger partial charge on any atom is -0.341 e. The molecule has 1 aromatic rings. The van der Waals surface area contributed by atoms with Gasteiger partial charge in [-0.05, 0) is 11.6 Å². The highest BCUT2D eigenvalue weighted by molar-refractivity contribution is 9.10. The van der Waals surface area contributed by atoms with Crippen molar-refractivity contribution in [3.63, 3.8) is 0 Å². The number of halogens is 2. The van der Waals surface area contributed by atoms with Crippen molar-refractivity contribution in [2.75, 3.05) is 12.4 Å². The smallest absolute Gasteiger partial charge is 0.233 e. The van der Waals surface area contributed by atoms with Gasteiger partial charge in [0.25, 0.3) is 0 Å². The summed E-state index contributed by atoms with van der Waals surface area (Å²) in [6, 6.07) is 7.90. The SMILES string of the molecule is CN(Cc1ccccc1Br)C(=O)CBr. The lowest BCUT2D eigenvalue weighted by molar-refractivity contribution is -0.127. The summed E-state index contributed by atoms with van der Waals surface area (Å²) in [5, 5.41) is 0.369. The average Bonchev–Trinajstić information content (AvgIpc) is 2.20. The van der Waals surface area contributed by atoms with E-state index in [1.807, 2.05) is 24.3 Å². The Bertz CT molecular complexity index is 328. The fourth-order valence-electron chi connectivity index (χ4n) is 1.07. The molecule has 1 amide bonds. The Hall–Kier alpha value is -0.350. The molecule has 0 bridgehead atoms. The molecule has 0 spiro atoms. The molecule has 0 heterocycles. The van der Waals surface area contributed by atoms with E-state index in [-0.39, 0.29) is 5.91 Å². The highest BCUT2D eigenvalue weighted by Crippen LogP contribution is 2.17. The molecular weight excluding hydrogens is 310 g/mol. The number of carbonyl (C=O) groups is 1. The first kappa shape index (κ1) is 11.7. The average molecular weight is 321 g/mol. The summed E-state index contributed by atoms with van der Waals surface area (Å²) in [4.78, 5) is 13.0. The third-order valence-corrected chi connectivity index (χ3v) is 3.16. The van der Waals surface area contributed by atoms with Gasteiger partial charge in [-0.2, -0.15) is 0 Å². The summed E-state index contributed by atoms with van der Waals surface area (Å²) < 4.78 is 1.04. The largest absolute Gasteiger partial charge is 0.341 e. The second kappa shape index (κ2) is 5.51. The van der Waals surface area contributed by atoms with Crippen LogP contribution in [0.3, 0.4) is 0 Å². The Morgan fingerprint density at radius 3 is 2.64 bits per heavy atom. The summed E-state index contributed by atoms with van der Waals surface area (Å²) in [5.74, 6) is 0.0840. The molecule has 0 fully saturated rings. The zero-order chi connectivity index (χ0) is 10.6. The Labute approximate surface area is 101 Å². The third kappa shape index (κ3) is 3.10. The quantitative estimate of drug-likeness (QED) is 0.784. The predicted octanol–water partition coefficient (Wildman–Crippen LogP) is 2.80. The van der Waals surface area contributed by atoms with Crippen molar-refractivity contribution in [2.45, 2.75) is 6.54 Å². The molecule has 0 aliphatic rings. The Morgan fingerprint density at radius 2 is 2.07 bits per heavy atom. The van der Waals surface area contributed by atoms with Crippen LogP contribution in [-0.2, 0) is 11.3 Å². The maximum atomic E-state index is 11.3. The third-order valence-electron chi connectivity index (χ3n) is 1.91. The number of carbonyl (C=O) groups excluding carboxylic acids is 1.